The minimum absolute atomic E-state index is 0.603. The first-order valence-corrected chi connectivity index (χ1v) is 5.48. The molecule has 2 N–H and O–H groups in total. The van der Waals surface area contributed by atoms with E-state index in [1.54, 1.807) is 0 Å². The van der Waals surface area contributed by atoms with Crippen molar-refractivity contribution in [1.82, 2.24) is 5.32 Å². The molecule has 2 aliphatic rings. The van der Waals surface area contributed by atoms with Crippen LogP contribution in [0.3, 0.4) is 0 Å². The van der Waals surface area contributed by atoms with Crippen LogP contribution in [-0.2, 0) is 0 Å². The highest BCUT2D eigenvalue weighted by Gasteiger charge is 2.33. The van der Waals surface area contributed by atoms with Gasteiger partial charge in [-0.25, -0.2) is 0 Å². The van der Waals surface area contributed by atoms with Crippen LogP contribution in [0.25, 0.3) is 0 Å². The lowest BCUT2D eigenvalue weighted by Gasteiger charge is -2.34. The van der Waals surface area contributed by atoms with Crippen LogP contribution >= 0.6 is 0 Å². The van der Waals surface area contributed by atoms with Crippen molar-refractivity contribution in [3.05, 3.63) is 11.8 Å². The van der Waals surface area contributed by atoms with E-state index in [0.717, 1.165) is 44.5 Å². The summed E-state index contributed by atoms with van der Waals surface area (Å²) in [5.74, 6) is 0. The molecule has 1 fully saturated rings. The molecule has 0 amide bonds. The average Bonchev–Trinajstić information content (AvgIpc) is 2.47. The van der Waals surface area contributed by atoms with E-state index in [1.807, 2.05) is 12.3 Å². The van der Waals surface area contributed by atoms with Crippen molar-refractivity contribution in [1.29, 1.82) is 0 Å². The second kappa shape index (κ2) is 4.13. The summed E-state index contributed by atoms with van der Waals surface area (Å²) < 4.78 is 0. The van der Waals surface area contributed by atoms with E-state index in [1.165, 1.54) is 6.42 Å². The van der Waals surface area contributed by atoms with E-state index in [0.29, 0.717) is 0 Å². The van der Waals surface area contributed by atoms with Crippen molar-refractivity contribution < 1.29 is 5.11 Å². The fourth-order valence-corrected chi connectivity index (χ4v) is 2.24. The summed E-state index contributed by atoms with van der Waals surface area (Å²) in [5, 5.41) is 13.7. The van der Waals surface area contributed by atoms with E-state index in [4.69, 9.17) is 0 Å². The predicted molar refractivity (Wildman–Crippen MR) is 57.5 cm³/mol. The Morgan fingerprint density at radius 1 is 1.29 bits per heavy atom. The first kappa shape index (κ1) is 9.71. The van der Waals surface area contributed by atoms with Crippen LogP contribution in [0.15, 0.2) is 16.8 Å². The molecule has 0 saturated heterocycles. The SMILES string of the molecule is OC1(C2=CC=NCCN2)CCCCC1. The van der Waals surface area contributed by atoms with Gasteiger partial charge in [-0.3, -0.25) is 4.99 Å². The van der Waals surface area contributed by atoms with Gasteiger partial charge in [0.2, 0.25) is 0 Å². The van der Waals surface area contributed by atoms with Gasteiger partial charge in [-0.1, -0.05) is 19.3 Å². The van der Waals surface area contributed by atoms with Gasteiger partial charge in [0.1, 0.15) is 5.60 Å². The third kappa shape index (κ3) is 1.98. The molecule has 1 saturated carbocycles. The van der Waals surface area contributed by atoms with Gasteiger partial charge in [0.25, 0.3) is 0 Å². The van der Waals surface area contributed by atoms with Crippen LogP contribution in [0.4, 0.5) is 0 Å². The zero-order valence-corrected chi connectivity index (χ0v) is 8.50. The van der Waals surface area contributed by atoms with E-state index in [9.17, 15) is 5.11 Å². The smallest absolute Gasteiger partial charge is 0.104 e. The van der Waals surface area contributed by atoms with Crippen molar-refractivity contribution in [3.8, 4) is 0 Å². The van der Waals surface area contributed by atoms with Gasteiger partial charge in [0.15, 0.2) is 0 Å². The summed E-state index contributed by atoms with van der Waals surface area (Å²) in [6.45, 7) is 1.64. The number of aliphatic imine (C=N–C) groups is 1. The summed E-state index contributed by atoms with van der Waals surface area (Å²) in [7, 11) is 0. The molecule has 1 aliphatic carbocycles. The second-order valence-electron chi connectivity index (χ2n) is 4.15. The molecule has 0 aromatic rings. The van der Waals surface area contributed by atoms with Crippen molar-refractivity contribution in [2.75, 3.05) is 13.1 Å². The van der Waals surface area contributed by atoms with Gasteiger partial charge < -0.3 is 10.4 Å². The molecule has 0 bridgehead atoms. The molecular formula is C11H18N2O. The minimum Gasteiger partial charge on any atom is -0.384 e. The van der Waals surface area contributed by atoms with Crippen LogP contribution in [0.2, 0.25) is 0 Å². The van der Waals surface area contributed by atoms with E-state index in [2.05, 4.69) is 10.3 Å². The van der Waals surface area contributed by atoms with Crippen LogP contribution in [-0.4, -0.2) is 30.0 Å². The second-order valence-corrected chi connectivity index (χ2v) is 4.15. The minimum atomic E-state index is -0.603. The maximum absolute atomic E-state index is 10.4. The van der Waals surface area contributed by atoms with Crippen molar-refractivity contribution in [2.45, 2.75) is 37.7 Å². The molecule has 3 nitrogen and oxygen atoms in total. The van der Waals surface area contributed by atoms with Crippen molar-refractivity contribution in [2.24, 2.45) is 4.99 Å². The lowest BCUT2D eigenvalue weighted by atomic mass is 9.82. The van der Waals surface area contributed by atoms with Gasteiger partial charge >= 0.3 is 0 Å². The lowest BCUT2D eigenvalue weighted by Crippen LogP contribution is -2.40. The maximum atomic E-state index is 10.4. The first-order valence-electron chi connectivity index (χ1n) is 5.48. The topological polar surface area (TPSA) is 44.6 Å². The fourth-order valence-electron chi connectivity index (χ4n) is 2.24. The highest BCUT2D eigenvalue weighted by Crippen LogP contribution is 2.32. The molecule has 0 aromatic carbocycles. The third-order valence-corrected chi connectivity index (χ3v) is 3.09. The number of nitrogens with zero attached hydrogens (tertiary/aromatic N) is 1. The summed E-state index contributed by atoms with van der Waals surface area (Å²) in [6.07, 6.45) is 9.03. The van der Waals surface area contributed by atoms with Gasteiger partial charge in [-0.05, 0) is 18.9 Å². The van der Waals surface area contributed by atoms with Crippen LogP contribution in [0.5, 0.6) is 0 Å². The number of aliphatic hydroxyl groups is 1. The molecule has 3 heteroatoms. The first-order chi connectivity index (χ1) is 6.81. The highest BCUT2D eigenvalue weighted by atomic mass is 16.3. The maximum Gasteiger partial charge on any atom is 0.104 e. The Hall–Kier alpha value is -0.830. The average molecular weight is 194 g/mol. The molecule has 1 aliphatic heterocycles. The van der Waals surface area contributed by atoms with Crippen molar-refractivity contribution >= 4 is 6.21 Å². The van der Waals surface area contributed by atoms with Crippen LogP contribution < -0.4 is 5.32 Å². The van der Waals surface area contributed by atoms with Crippen LogP contribution in [0, 0.1) is 0 Å². The Labute approximate surface area is 84.9 Å². The highest BCUT2D eigenvalue weighted by molar-refractivity contribution is 5.73. The summed E-state index contributed by atoms with van der Waals surface area (Å²) in [4.78, 5) is 4.17. The molecule has 0 aromatic heterocycles. The zero-order chi connectivity index (χ0) is 9.86. The van der Waals surface area contributed by atoms with Gasteiger partial charge in [-0.2, -0.15) is 0 Å². The van der Waals surface area contributed by atoms with E-state index < -0.39 is 5.60 Å². The van der Waals surface area contributed by atoms with E-state index in [-0.39, 0.29) is 0 Å². The molecule has 78 valence electrons. The van der Waals surface area contributed by atoms with E-state index >= 15 is 0 Å². The number of hydrogen-bond donors (Lipinski definition) is 2. The predicted octanol–water partition coefficient (Wildman–Crippen LogP) is 1.24. The van der Waals surface area contributed by atoms with Gasteiger partial charge in [0, 0.05) is 18.5 Å². The number of hydrogen-bond acceptors (Lipinski definition) is 3. The quantitative estimate of drug-likeness (QED) is 0.659. The zero-order valence-electron chi connectivity index (χ0n) is 8.50. The van der Waals surface area contributed by atoms with Crippen molar-refractivity contribution in [3.63, 3.8) is 0 Å². The Balaban J connectivity index is 2.10. The monoisotopic (exact) mass is 194 g/mol. The number of rotatable bonds is 1. The fraction of sp³-hybridized carbons (Fsp3) is 0.727. The molecule has 14 heavy (non-hydrogen) atoms. The Bertz CT molecular complexity index is 252. The summed E-state index contributed by atoms with van der Waals surface area (Å²) >= 11 is 0. The Kier molecular flexibility index (Phi) is 2.87. The lowest BCUT2D eigenvalue weighted by molar-refractivity contribution is 0.0336. The van der Waals surface area contributed by atoms with Gasteiger partial charge in [-0.15, -0.1) is 0 Å². The standard InChI is InChI=1S/C11H18N2O/c14-11(5-2-1-3-6-11)10-4-7-12-8-9-13-10/h4,7,13-14H,1-3,5-6,8-9H2. The normalized spacial score (nSPS) is 26.2. The Morgan fingerprint density at radius 3 is 2.86 bits per heavy atom. The Morgan fingerprint density at radius 2 is 2.07 bits per heavy atom. The number of nitrogens with one attached hydrogen (secondary N) is 1. The third-order valence-electron chi connectivity index (χ3n) is 3.09. The van der Waals surface area contributed by atoms with Crippen LogP contribution in [0.1, 0.15) is 32.1 Å². The summed E-state index contributed by atoms with van der Waals surface area (Å²) in [6, 6.07) is 0. The molecule has 0 spiro atoms. The molecule has 0 unspecified atom stereocenters. The molecule has 1 heterocycles. The largest absolute Gasteiger partial charge is 0.384 e. The molecule has 0 radical (unpaired) electrons. The summed E-state index contributed by atoms with van der Waals surface area (Å²) in [5.41, 5.74) is 0.368. The number of allylic oxidation sites excluding steroid dienone is 1. The van der Waals surface area contributed by atoms with Gasteiger partial charge in [0.05, 0.1) is 6.54 Å². The molecule has 2 rings (SSSR count). The molecule has 0 atom stereocenters. The molecular weight excluding hydrogens is 176 g/mol.